The maximum absolute atomic E-state index is 12.2. The summed E-state index contributed by atoms with van der Waals surface area (Å²) in [6, 6.07) is 17.7. The van der Waals surface area contributed by atoms with E-state index in [-0.39, 0.29) is 11.4 Å². The zero-order chi connectivity index (χ0) is 23.8. The number of hydrogen-bond donors (Lipinski definition) is 1. The lowest BCUT2D eigenvalue weighted by Crippen LogP contribution is -2.24. The van der Waals surface area contributed by atoms with Gasteiger partial charge in [0, 0.05) is 15.0 Å². The maximum Gasteiger partial charge on any atom is 0.344 e. The summed E-state index contributed by atoms with van der Waals surface area (Å²) in [5.74, 6) is -0.777. The Bertz CT molecular complexity index is 1220. The van der Waals surface area contributed by atoms with Crippen molar-refractivity contribution in [1.29, 1.82) is 0 Å². The smallest absolute Gasteiger partial charge is 0.344 e. The molecule has 0 unspecified atom stereocenters. The average Bonchev–Trinajstić information content (AvgIpc) is 2.79. The van der Waals surface area contributed by atoms with Crippen LogP contribution in [0.3, 0.4) is 0 Å². The monoisotopic (exact) mass is 575 g/mol. The van der Waals surface area contributed by atoms with Crippen molar-refractivity contribution >= 4 is 55.6 Å². The number of amides is 1. The molecule has 0 saturated heterocycles. The fourth-order valence-corrected chi connectivity index (χ4v) is 3.32. The van der Waals surface area contributed by atoms with Gasteiger partial charge in [-0.25, -0.2) is 10.2 Å². The minimum absolute atomic E-state index is 0.0324. The normalized spacial score (nSPS) is 10.6. The molecular formula is C22H15Br2N3O6. The number of carbonyl (C=O) groups is 2. The zero-order valence-corrected chi connectivity index (χ0v) is 19.9. The molecule has 0 aliphatic carbocycles. The van der Waals surface area contributed by atoms with Crippen molar-refractivity contribution in [2.75, 3.05) is 6.61 Å². The van der Waals surface area contributed by atoms with Gasteiger partial charge in [-0.1, -0.05) is 28.1 Å². The van der Waals surface area contributed by atoms with Crippen LogP contribution in [0.25, 0.3) is 0 Å². The molecule has 0 bridgehead atoms. The first-order valence-corrected chi connectivity index (χ1v) is 10.9. The molecule has 0 radical (unpaired) electrons. The molecule has 0 fully saturated rings. The van der Waals surface area contributed by atoms with Crippen LogP contribution >= 0.6 is 31.9 Å². The van der Waals surface area contributed by atoms with E-state index in [4.69, 9.17) is 9.47 Å². The van der Waals surface area contributed by atoms with Crippen LogP contribution in [0.5, 0.6) is 11.5 Å². The lowest BCUT2D eigenvalue weighted by atomic mass is 10.2. The van der Waals surface area contributed by atoms with Crippen molar-refractivity contribution < 1.29 is 24.0 Å². The number of halogens is 2. The summed E-state index contributed by atoms with van der Waals surface area (Å²) in [5, 5.41) is 14.9. The topological polar surface area (TPSA) is 120 Å². The van der Waals surface area contributed by atoms with E-state index in [0.717, 1.165) is 0 Å². The standard InChI is InChI=1S/C22H15Br2N3O6/c23-15-7-10-20(19(11-15)27(30)31)32-13-21(28)26-25-12-14-5-8-16(9-6-14)33-22(29)17-3-1-2-4-18(17)24/h1-12H,13H2,(H,26,28). The third kappa shape index (κ3) is 6.96. The fourth-order valence-electron chi connectivity index (χ4n) is 2.52. The highest BCUT2D eigenvalue weighted by molar-refractivity contribution is 9.10. The summed E-state index contributed by atoms with van der Waals surface area (Å²) in [7, 11) is 0. The van der Waals surface area contributed by atoms with Gasteiger partial charge in [-0.3, -0.25) is 14.9 Å². The van der Waals surface area contributed by atoms with Crippen LogP contribution in [0.4, 0.5) is 5.69 Å². The van der Waals surface area contributed by atoms with Gasteiger partial charge in [-0.2, -0.15) is 5.10 Å². The van der Waals surface area contributed by atoms with Crippen molar-refractivity contribution in [3.05, 3.63) is 96.9 Å². The van der Waals surface area contributed by atoms with Gasteiger partial charge < -0.3 is 9.47 Å². The lowest BCUT2D eigenvalue weighted by Gasteiger charge is -2.06. The number of nitro benzene ring substituents is 1. The van der Waals surface area contributed by atoms with Gasteiger partial charge in [-0.05, 0) is 70.0 Å². The number of esters is 1. The molecule has 168 valence electrons. The number of ether oxygens (including phenoxy) is 2. The quantitative estimate of drug-likeness (QED) is 0.134. The number of hydrazone groups is 1. The minimum atomic E-state index is -0.601. The second-order valence-corrected chi connectivity index (χ2v) is 8.16. The molecule has 0 aromatic heterocycles. The van der Waals surface area contributed by atoms with Crippen LogP contribution in [0, 0.1) is 10.1 Å². The van der Waals surface area contributed by atoms with Crippen molar-refractivity contribution in [2.45, 2.75) is 0 Å². The van der Waals surface area contributed by atoms with Gasteiger partial charge in [0.2, 0.25) is 0 Å². The van der Waals surface area contributed by atoms with Crippen molar-refractivity contribution in [2.24, 2.45) is 5.10 Å². The van der Waals surface area contributed by atoms with Crippen LogP contribution in [0.15, 0.2) is 80.8 Å². The number of nitrogens with one attached hydrogen (secondary N) is 1. The third-order valence-corrected chi connectivity index (χ3v) is 5.25. The van der Waals surface area contributed by atoms with E-state index in [2.05, 4.69) is 42.4 Å². The number of rotatable bonds is 8. The Morgan fingerprint density at radius 1 is 1.06 bits per heavy atom. The lowest BCUT2D eigenvalue weighted by molar-refractivity contribution is -0.385. The first kappa shape index (κ1) is 24.1. The Kier molecular flexibility index (Phi) is 8.28. The van der Waals surface area contributed by atoms with Gasteiger partial charge >= 0.3 is 11.7 Å². The molecule has 3 rings (SSSR count). The summed E-state index contributed by atoms with van der Waals surface area (Å²) >= 11 is 6.45. The van der Waals surface area contributed by atoms with Crippen LogP contribution in [-0.2, 0) is 4.79 Å². The summed E-state index contributed by atoms with van der Waals surface area (Å²) in [6.45, 7) is -0.455. The summed E-state index contributed by atoms with van der Waals surface area (Å²) in [4.78, 5) is 34.6. The number of carbonyl (C=O) groups excluding carboxylic acids is 2. The molecule has 33 heavy (non-hydrogen) atoms. The number of nitro groups is 1. The number of hydrogen-bond acceptors (Lipinski definition) is 7. The Hall–Kier alpha value is -3.57. The number of nitrogens with zero attached hydrogens (tertiary/aromatic N) is 2. The predicted octanol–water partition coefficient (Wildman–Crippen LogP) is 4.87. The SMILES string of the molecule is O=C(COc1ccc(Br)cc1[N+](=O)[O-])NN=Cc1ccc(OC(=O)c2ccccc2Br)cc1. The van der Waals surface area contributed by atoms with E-state index in [0.29, 0.717) is 25.8 Å². The van der Waals surface area contributed by atoms with Gasteiger partial charge in [0.1, 0.15) is 5.75 Å². The molecular weight excluding hydrogens is 562 g/mol. The highest BCUT2D eigenvalue weighted by Gasteiger charge is 2.16. The Morgan fingerprint density at radius 3 is 2.48 bits per heavy atom. The summed E-state index contributed by atoms with van der Waals surface area (Å²) < 4.78 is 11.7. The number of benzene rings is 3. The molecule has 1 N–H and O–H groups in total. The largest absolute Gasteiger partial charge is 0.477 e. The van der Waals surface area contributed by atoms with Crippen molar-refractivity contribution in [3.63, 3.8) is 0 Å². The van der Waals surface area contributed by atoms with E-state index in [1.54, 1.807) is 54.6 Å². The molecule has 0 spiro atoms. The fraction of sp³-hybridized carbons (Fsp3) is 0.0455. The van der Waals surface area contributed by atoms with E-state index in [1.165, 1.54) is 18.3 Å². The molecule has 0 saturated carbocycles. The highest BCUT2D eigenvalue weighted by Crippen LogP contribution is 2.30. The second kappa shape index (κ2) is 11.3. The Morgan fingerprint density at radius 2 is 1.79 bits per heavy atom. The minimum Gasteiger partial charge on any atom is -0.477 e. The summed E-state index contributed by atoms with van der Waals surface area (Å²) in [6.07, 6.45) is 1.39. The molecule has 3 aromatic carbocycles. The van der Waals surface area contributed by atoms with E-state index < -0.39 is 23.4 Å². The molecule has 1 amide bonds. The molecule has 9 nitrogen and oxygen atoms in total. The van der Waals surface area contributed by atoms with E-state index in [9.17, 15) is 19.7 Å². The van der Waals surface area contributed by atoms with E-state index in [1.807, 2.05) is 0 Å². The van der Waals surface area contributed by atoms with Gasteiger partial charge in [-0.15, -0.1) is 0 Å². The summed E-state index contributed by atoms with van der Waals surface area (Å²) in [5.41, 5.74) is 3.05. The van der Waals surface area contributed by atoms with Crippen LogP contribution in [0.1, 0.15) is 15.9 Å². The van der Waals surface area contributed by atoms with Gasteiger partial charge in [0.25, 0.3) is 5.91 Å². The maximum atomic E-state index is 12.2. The van der Waals surface area contributed by atoms with Crippen LogP contribution in [0.2, 0.25) is 0 Å². The molecule has 3 aromatic rings. The molecule has 0 atom stereocenters. The van der Waals surface area contributed by atoms with Gasteiger partial charge in [0.05, 0.1) is 16.7 Å². The Labute approximate surface area is 204 Å². The average molecular weight is 577 g/mol. The first-order valence-electron chi connectivity index (χ1n) is 9.29. The molecule has 0 aliphatic rings. The zero-order valence-electron chi connectivity index (χ0n) is 16.7. The predicted molar refractivity (Wildman–Crippen MR) is 128 cm³/mol. The van der Waals surface area contributed by atoms with Gasteiger partial charge in [0.15, 0.2) is 12.4 Å². The van der Waals surface area contributed by atoms with Crippen molar-refractivity contribution in [1.82, 2.24) is 5.43 Å². The molecule has 0 aliphatic heterocycles. The highest BCUT2D eigenvalue weighted by atomic mass is 79.9. The first-order chi connectivity index (χ1) is 15.8. The van der Waals surface area contributed by atoms with Crippen molar-refractivity contribution in [3.8, 4) is 11.5 Å². The second-order valence-electron chi connectivity index (χ2n) is 6.39. The van der Waals surface area contributed by atoms with Crippen LogP contribution in [-0.4, -0.2) is 29.6 Å². The molecule has 0 heterocycles. The molecule has 11 heteroatoms. The third-order valence-electron chi connectivity index (χ3n) is 4.06. The van der Waals surface area contributed by atoms with Crippen LogP contribution < -0.4 is 14.9 Å². The Balaban J connectivity index is 1.50. The van der Waals surface area contributed by atoms with E-state index >= 15 is 0 Å².